The van der Waals surface area contributed by atoms with Gasteiger partial charge in [0.2, 0.25) is 0 Å². The van der Waals surface area contributed by atoms with Gasteiger partial charge in [0, 0.05) is 13.1 Å². The molecule has 0 radical (unpaired) electrons. The van der Waals surface area contributed by atoms with Gasteiger partial charge in [-0.25, -0.2) is 0 Å². The molecule has 1 aliphatic rings. The highest BCUT2D eigenvalue weighted by Crippen LogP contribution is 2.31. The Labute approximate surface area is 87.4 Å². The van der Waals surface area contributed by atoms with Crippen molar-refractivity contribution in [2.45, 2.75) is 45.1 Å². The zero-order valence-corrected chi connectivity index (χ0v) is 9.42. The molecule has 1 fully saturated rings. The molecule has 2 unspecified atom stereocenters. The lowest BCUT2D eigenvalue weighted by atomic mass is 9.79. The molecule has 0 aliphatic heterocycles. The number of aliphatic hydroxyl groups is 1. The summed E-state index contributed by atoms with van der Waals surface area (Å²) in [6.07, 6.45) is 8.46. The van der Waals surface area contributed by atoms with Crippen LogP contribution < -0.4 is 5.32 Å². The van der Waals surface area contributed by atoms with Gasteiger partial charge in [-0.15, -0.1) is 0 Å². The maximum Gasteiger partial charge on any atom is 0.0774 e. The Bertz CT molecular complexity index is 191. The summed E-state index contributed by atoms with van der Waals surface area (Å²) < 4.78 is 0. The summed E-state index contributed by atoms with van der Waals surface area (Å²) in [6, 6.07) is 0. The SMILES string of the molecule is C/C=C/CNCC1(O)CCCC(C)C1. The van der Waals surface area contributed by atoms with Crippen LogP contribution in [0.15, 0.2) is 12.2 Å². The van der Waals surface area contributed by atoms with Crippen LogP contribution in [0, 0.1) is 5.92 Å². The highest BCUT2D eigenvalue weighted by atomic mass is 16.3. The first-order valence-corrected chi connectivity index (χ1v) is 5.70. The van der Waals surface area contributed by atoms with E-state index in [4.69, 9.17) is 0 Å². The van der Waals surface area contributed by atoms with Gasteiger partial charge in [0.05, 0.1) is 5.60 Å². The van der Waals surface area contributed by atoms with Crippen LogP contribution >= 0.6 is 0 Å². The zero-order valence-electron chi connectivity index (χ0n) is 9.42. The molecule has 0 aromatic heterocycles. The fourth-order valence-corrected chi connectivity index (χ4v) is 2.30. The number of hydrogen-bond acceptors (Lipinski definition) is 2. The molecule has 2 N–H and O–H groups in total. The van der Waals surface area contributed by atoms with E-state index < -0.39 is 5.60 Å². The number of allylic oxidation sites excluding steroid dienone is 1. The van der Waals surface area contributed by atoms with Gasteiger partial charge in [0.1, 0.15) is 0 Å². The highest BCUT2D eigenvalue weighted by molar-refractivity contribution is 4.88. The maximum absolute atomic E-state index is 10.3. The third-order valence-electron chi connectivity index (χ3n) is 3.02. The Hall–Kier alpha value is -0.340. The van der Waals surface area contributed by atoms with E-state index in [0.29, 0.717) is 5.92 Å². The largest absolute Gasteiger partial charge is 0.389 e. The topological polar surface area (TPSA) is 32.3 Å². The molecule has 2 heteroatoms. The molecule has 1 rings (SSSR count). The van der Waals surface area contributed by atoms with E-state index in [1.54, 1.807) is 0 Å². The van der Waals surface area contributed by atoms with Crippen molar-refractivity contribution in [2.75, 3.05) is 13.1 Å². The van der Waals surface area contributed by atoms with Crippen molar-refractivity contribution in [2.24, 2.45) is 5.92 Å². The molecule has 0 saturated heterocycles. The van der Waals surface area contributed by atoms with Crippen LogP contribution in [0.2, 0.25) is 0 Å². The number of hydrogen-bond donors (Lipinski definition) is 2. The van der Waals surface area contributed by atoms with Gasteiger partial charge in [-0.2, -0.15) is 0 Å². The second-order valence-electron chi connectivity index (χ2n) is 4.63. The number of nitrogens with one attached hydrogen (secondary N) is 1. The summed E-state index contributed by atoms with van der Waals surface area (Å²) in [5.41, 5.74) is -0.445. The smallest absolute Gasteiger partial charge is 0.0774 e. The molecule has 0 aromatic carbocycles. The van der Waals surface area contributed by atoms with E-state index in [-0.39, 0.29) is 0 Å². The highest BCUT2D eigenvalue weighted by Gasteiger charge is 2.31. The van der Waals surface area contributed by atoms with Crippen molar-refractivity contribution in [3.05, 3.63) is 12.2 Å². The van der Waals surface area contributed by atoms with Gasteiger partial charge in [0.25, 0.3) is 0 Å². The monoisotopic (exact) mass is 197 g/mol. The summed E-state index contributed by atoms with van der Waals surface area (Å²) in [6.45, 7) is 5.85. The minimum Gasteiger partial charge on any atom is -0.389 e. The van der Waals surface area contributed by atoms with Crippen LogP contribution in [0.4, 0.5) is 0 Å². The number of rotatable bonds is 4. The third kappa shape index (κ3) is 3.81. The summed E-state index contributed by atoms with van der Waals surface area (Å²) in [7, 11) is 0. The molecular formula is C12H23NO. The molecule has 0 bridgehead atoms. The lowest BCUT2D eigenvalue weighted by molar-refractivity contribution is -0.0109. The summed E-state index contributed by atoms with van der Waals surface area (Å²) in [5.74, 6) is 0.678. The Morgan fingerprint density at radius 2 is 2.36 bits per heavy atom. The van der Waals surface area contributed by atoms with Gasteiger partial charge in [-0.05, 0) is 25.7 Å². The Kier molecular flexibility index (Phi) is 4.63. The molecule has 0 aromatic rings. The van der Waals surface area contributed by atoms with Crippen LogP contribution in [0.25, 0.3) is 0 Å². The van der Waals surface area contributed by atoms with Gasteiger partial charge < -0.3 is 10.4 Å². The van der Waals surface area contributed by atoms with Crippen molar-refractivity contribution in [1.29, 1.82) is 0 Å². The van der Waals surface area contributed by atoms with Crippen molar-refractivity contribution < 1.29 is 5.11 Å². The first kappa shape index (κ1) is 11.7. The van der Waals surface area contributed by atoms with Crippen molar-refractivity contribution in [3.63, 3.8) is 0 Å². The van der Waals surface area contributed by atoms with Crippen LogP contribution in [0.3, 0.4) is 0 Å². The molecular weight excluding hydrogens is 174 g/mol. The van der Waals surface area contributed by atoms with Gasteiger partial charge >= 0.3 is 0 Å². The first-order chi connectivity index (χ1) is 6.66. The molecule has 1 aliphatic carbocycles. The van der Waals surface area contributed by atoms with E-state index in [9.17, 15) is 5.11 Å². The Morgan fingerprint density at radius 3 is 3.00 bits per heavy atom. The summed E-state index contributed by atoms with van der Waals surface area (Å²) in [5, 5.41) is 13.5. The molecule has 0 spiro atoms. The lowest BCUT2D eigenvalue weighted by Gasteiger charge is -2.35. The molecule has 2 atom stereocenters. The Balaban J connectivity index is 2.26. The molecule has 1 saturated carbocycles. The predicted molar refractivity (Wildman–Crippen MR) is 60.3 cm³/mol. The van der Waals surface area contributed by atoms with E-state index in [1.807, 2.05) is 13.0 Å². The van der Waals surface area contributed by atoms with Crippen LogP contribution in [-0.2, 0) is 0 Å². The minimum absolute atomic E-state index is 0.445. The zero-order chi connectivity index (χ0) is 10.4. The molecule has 82 valence electrons. The predicted octanol–water partition coefficient (Wildman–Crippen LogP) is 2.09. The summed E-state index contributed by atoms with van der Waals surface area (Å²) >= 11 is 0. The van der Waals surface area contributed by atoms with E-state index in [1.165, 1.54) is 12.8 Å². The second-order valence-corrected chi connectivity index (χ2v) is 4.63. The first-order valence-electron chi connectivity index (χ1n) is 5.70. The molecule has 14 heavy (non-hydrogen) atoms. The van der Waals surface area contributed by atoms with E-state index in [0.717, 1.165) is 25.9 Å². The fourth-order valence-electron chi connectivity index (χ4n) is 2.30. The van der Waals surface area contributed by atoms with Crippen LogP contribution in [0.5, 0.6) is 0 Å². The van der Waals surface area contributed by atoms with Gasteiger partial charge in [-0.3, -0.25) is 0 Å². The lowest BCUT2D eigenvalue weighted by Crippen LogP contribution is -2.44. The van der Waals surface area contributed by atoms with E-state index in [2.05, 4.69) is 18.3 Å². The van der Waals surface area contributed by atoms with Crippen LogP contribution in [-0.4, -0.2) is 23.8 Å². The molecule has 2 nitrogen and oxygen atoms in total. The van der Waals surface area contributed by atoms with Crippen LogP contribution in [0.1, 0.15) is 39.5 Å². The quantitative estimate of drug-likeness (QED) is 0.534. The maximum atomic E-state index is 10.3. The standard InChI is InChI=1S/C12H23NO/c1-3-4-8-13-10-12(14)7-5-6-11(2)9-12/h3-4,11,13-14H,5-10H2,1-2H3/b4-3+. The molecule has 0 heterocycles. The van der Waals surface area contributed by atoms with E-state index >= 15 is 0 Å². The summed E-state index contributed by atoms with van der Waals surface area (Å²) in [4.78, 5) is 0. The minimum atomic E-state index is -0.445. The average molecular weight is 197 g/mol. The van der Waals surface area contributed by atoms with Gasteiger partial charge in [-0.1, -0.05) is 31.9 Å². The van der Waals surface area contributed by atoms with Crippen molar-refractivity contribution in [1.82, 2.24) is 5.32 Å². The fraction of sp³-hybridized carbons (Fsp3) is 0.833. The normalized spacial score (nSPS) is 33.8. The second kappa shape index (κ2) is 5.52. The van der Waals surface area contributed by atoms with Crippen molar-refractivity contribution in [3.8, 4) is 0 Å². The van der Waals surface area contributed by atoms with Crippen molar-refractivity contribution >= 4 is 0 Å². The molecule has 0 amide bonds. The average Bonchev–Trinajstić information content (AvgIpc) is 2.12. The van der Waals surface area contributed by atoms with Gasteiger partial charge in [0.15, 0.2) is 0 Å². The Morgan fingerprint density at radius 1 is 1.57 bits per heavy atom. The third-order valence-corrected chi connectivity index (χ3v) is 3.02.